The first-order chi connectivity index (χ1) is 16.9. The van der Waals surface area contributed by atoms with Gasteiger partial charge in [-0.25, -0.2) is 9.59 Å². The van der Waals surface area contributed by atoms with E-state index in [4.69, 9.17) is 21.1 Å². The fraction of sp³-hybridized carbons (Fsp3) is 0.192. The van der Waals surface area contributed by atoms with Gasteiger partial charge in [-0.15, -0.1) is 0 Å². The first-order valence-electron chi connectivity index (χ1n) is 10.8. The van der Waals surface area contributed by atoms with E-state index in [2.05, 4.69) is 10.6 Å². The third-order valence-corrected chi connectivity index (χ3v) is 5.91. The van der Waals surface area contributed by atoms with Crippen molar-refractivity contribution in [1.82, 2.24) is 5.32 Å². The quantitative estimate of drug-likeness (QED) is 0.424. The molecule has 1 atom stereocenters. The summed E-state index contributed by atoms with van der Waals surface area (Å²) in [5.74, 6) is -2.01. The van der Waals surface area contributed by atoms with Crippen molar-refractivity contribution in [1.29, 1.82) is 0 Å². The molecule has 3 aromatic rings. The average molecular weight is 495 g/mol. The van der Waals surface area contributed by atoms with Crippen LogP contribution in [0.25, 0.3) is 11.1 Å². The Morgan fingerprint density at radius 2 is 1.63 bits per heavy atom. The summed E-state index contributed by atoms with van der Waals surface area (Å²) in [6.07, 6.45) is -0.705. The number of hydrogen-bond acceptors (Lipinski definition) is 5. The number of rotatable bonds is 8. The highest BCUT2D eigenvalue weighted by atomic mass is 35.5. The number of benzene rings is 3. The molecule has 1 aliphatic rings. The second kappa shape index (κ2) is 10.6. The fourth-order valence-electron chi connectivity index (χ4n) is 4.13. The number of carbonyl (C=O) groups is 3. The minimum absolute atomic E-state index is 0.0776. The lowest BCUT2D eigenvalue weighted by Gasteiger charge is -2.16. The Morgan fingerprint density at radius 1 is 1.00 bits per heavy atom. The second-order valence-electron chi connectivity index (χ2n) is 8.00. The van der Waals surface area contributed by atoms with Crippen LogP contribution in [0.4, 0.5) is 10.5 Å². The molecule has 0 aliphatic heterocycles. The molecule has 2 amide bonds. The normalized spacial score (nSPS) is 12.9. The highest BCUT2D eigenvalue weighted by Gasteiger charge is 2.29. The number of fused-ring (bicyclic) bond motifs is 3. The van der Waals surface area contributed by atoms with Crippen LogP contribution in [-0.4, -0.2) is 49.4 Å². The lowest BCUT2D eigenvalue weighted by Crippen LogP contribution is -2.43. The number of nitrogens with one attached hydrogen (secondary N) is 2. The van der Waals surface area contributed by atoms with Crippen LogP contribution in [0.1, 0.15) is 27.4 Å². The number of aliphatic carboxylic acids is 1. The highest BCUT2D eigenvalue weighted by molar-refractivity contribution is 6.31. The monoisotopic (exact) mass is 494 g/mol. The SMILES string of the molecule is COC[C@H](NC(=O)c1cc(Cl)cc(NC(=O)OCC2c3ccccc3-c3ccccc32)c1)C(=O)O. The maximum atomic E-state index is 12.6. The number of anilines is 1. The molecule has 8 nitrogen and oxygen atoms in total. The Hall–Kier alpha value is -3.88. The van der Waals surface area contributed by atoms with E-state index >= 15 is 0 Å². The van der Waals surface area contributed by atoms with Crippen molar-refractivity contribution >= 4 is 35.3 Å². The van der Waals surface area contributed by atoms with Crippen molar-refractivity contribution in [3.05, 3.63) is 88.4 Å². The fourth-order valence-corrected chi connectivity index (χ4v) is 4.36. The maximum Gasteiger partial charge on any atom is 0.411 e. The van der Waals surface area contributed by atoms with E-state index in [9.17, 15) is 19.5 Å². The Labute approximate surface area is 206 Å². The lowest BCUT2D eigenvalue weighted by atomic mass is 9.98. The van der Waals surface area contributed by atoms with Crippen LogP contribution in [0.3, 0.4) is 0 Å². The zero-order valence-corrected chi connectivity index (χ0v) is 19.5. The number of methoxy groups -OCH3 is 1. The number of amides is 2. The van der Waals surface area contributed by atoms with Gasteiger partial charge in [-0.3, -0.25) is 10.1 Å². The number of carboxylic acid groups (broad SMARTS) is 1. The van der Waals surface area contributed by atoms with Crippen molar-refractivity contribution in [2.24, 2.45) is 0 Å². The van der Waals surface area contributed by atoms with Crippen molar-refractivity contribution in [2.45, 2.75) is 12.0 Å². The molecule has 0 unspecified atom stereocenters. The zero-order chi connectivity index (χ0) is 24.9. The van der Waals surface area contributed by atoms with E-state index in [1.165, 1.54) is 25.3 Å². The van der Waals surface area contributed by atoms with Crippen LogP contribution in [-0.2, 0) is 14.3 Å². The van der Waals surface area contributed by atoms with Gasteiger partial charge in [0, 0.05) is 29.3 Å². The number of halogens is 1. The predicted molar refractivity (Wildman–Crippen MR) is 131 cm³/mol. The maximum absolute atomic E-state index is 12.6. The minimum Gasteiger partial charge on any atom is -0.480 e. The molecule has 4 rings (SSSR count). The summed E-state index contributed by atoms with van der Waals surface area (Å²) in [5.41, 5.74) is 4.73. The van der Waals surface area contributed by atoms with Crippen molar-refractivity contribution < 1.29 is 29.0 Å². The predicted octanol–water partition coefficient (Wildman–Crippen LogP) is 4.53. The lowest BCUT2D eigenvalue weighted by molar-refractivity contribution is -0.140. The van der Waals surface area contributed by atoms with Crippen molar-refractivity contribution in [2.75, 3.05) is 25.6 Å². The largest absolute Gasteiger partial charge is 0.480 e. The van der Waals surface area contributed by atoms with Crippen LogP contribution >= 0.6 is 11.6 Å². The number of carbonyl (C=O) groups excluding carboxylic acids is 2. The first kappa shape index (κ1) is 24.3. The van der Waals surface area contributed by atoms with E-state index in [1.807, 2.05) is 48.5 Å². The van der Waals surface area contributed by atoms with Gasteiger partial charge in [-0.1, -0.05) is 60.1 Å². The van der Waals surface area contributed by atoms with E-state index in [1.54, 1.807) is 0 Å². The van der Waals surface area contributed by atoms with Crippen molar-refractivity contribution in [3.63, 3.8) is 0 Å². The number of carboxylic acids is 1. The average Bonchev–Trinajstić information content (AvgIpc) is 3.15. The van der Waals surface area contributed by atoms with Gasteiger partial charge < -0.3 is 19.9 Å². The van der Waals surface area contributed by atoms with Gasteiger partial charge >= 0.3 is 12.1 Å². The van der Waals surface area contributed by atoms with Crippen LogP contribution in [0.5, 0.6) is 0 Å². The van der Waals surface area contributed by atoms with E-state index in [-0.39, 0.29) is 35.4 Å². The van der Waals surface area contributed by atoms with Gasteiger partial charge in [0.25, 0.3) is 5.91 Å². The van der Waals surface area contributed by atoms with E-state index in [0.717, 1.165) is 22.3 Å². The molecule has 35 heavy (non-hydrogen) atoms. The standard InChI is InChI=1S/C26H23ClN2O6/c1-34-14-23(25(31)32)29-24(30)15-10-16(27)12-17(11-15)28-26(33)35-13-22-20-8-4-2-6-18(20)19-7-3-5-9-21(19)22/h2-12,22-23H,13-14H2,1H3,(H,28,33)(H,29,30)(H,31,32)/t23-/m0/s1. The van der Waals surface area contributed by atoms with Crippen LogP contribution < -0.4 is 10.6 Å². The summed E-state index contributed by atoms with van der Waals surface area (Å²) in [4.78, 5) is 36.4. The summed E-state index contributed by atoms with van der Waals surface area (Å²) in [7, 11) is 1.33. The van der Waals surface area contributed by atoms with Crippen LogP contribution in [0, 0.1) is 0 Å². The molecule has 0 spiro atoms. The third-order valence-electron chi connectivity index (χ3n) is 5.69. The van der Waals surface area contributed by atoms with Gasteiger partial charge in [-0.2, -0.15) is 0 Å². The molecular formula is C26H23ClN2O6. The van der Waals surface area contributed by atoms with E-state index in [0.29, 0.717) is 0 Å². The molecule has 0 bridgehead atoms. The summed E-state index contributed by atoms with van der Waals surface area (Å²) in [5, 5.41) is 14.3. The first-order valence-corrected chi connectivity index (χ1v) is 11.2. The van der Waals surface area contributed by atoms with Gasteiger partial charge in [0.05, 0.1) is 6.61 Å². The van der Waals surface area contributed by atoms with E-state index < -0.39 is 24.0 Å². The third kappa shape index (κ3) is 5.45. The molecule has 3 aromatic carbocycles. The summed E-state index contributed by atoms with van der Waals surface area (Å²) in [6.45, 7) is -0.0719. The Balaban J connectivity index is 1.43. The molecule has 3 N–H and O–H groups in total. The number of hydrogen-bond donors (Lipinski definition) is 3. The molecule has 0 saturated heterocycles. The molecule has 0 saturated carbocycles. The van der Waals surface area contributed by atoms with Crippen molar-refractivity contribution in [3.8, 4) is 11.1 Å². The minimum atomic E-state index is -1.24. The Bertz CT molecular complexity index is 1230. The molecule has 0 heterocycles. The summed E-state index contributed by atoms with van der Waals surface area (Å²) in [6, 6.07) is 19.0. The molecule has 180 valence electrons. The highest BCUT2D eigenvalue weighted by Crippen LogP contribution is 2.44. The zero-order valence-electron chi connectivity index (χ0n) is 18.8. The van der Waals surface area contributed by atoms with Gasteiger partial charge in [0.1, 0.15) is 6.61 Å². The van der Waals surface area contributed by atoms with Crippen LogP contribution in [0.15, 0.2) is 66.7 Å². The molecule has 1 aliphatic carbocycles. The Morgan fingerprint density at radius 3 is 2.23 bits per heavy atom. The molecule has 0 radical (unpaired) electrons. The van der Waals surface area contributed by atoms with Gasteiger partial charge in [0.15, 0.2) is 6.04 Å². The van der Waals surface area contributed by atoms with Gasteiger partial charge in [0.2, 0.25) is 0 Å². The summed E-state index contributed by atoms with van der Waals surface area (Å²) >= 11 is 6.12. The molecule has 0 fully saturated rings. The molecule has 9 heteroatoms. The second-order valence-corrected chi connectivity index (χ2v) is 8.44. The topological polar surface area (TPSA) is 114 Å². The van der Waals surface area contributed by atoms with Gasteiger partial charge in [-0.05, 0) is 40.5 Å². The smallest absolute Gasteiger partial charge is 0.411 e. The summed E-state index contributed by atoms with van der Waals surface area (Å²) < 4.78 is 10.3. The molecular weight excluding hydrogens is 472 g/mol. The Kier molecular flexibility index (Phi) is 7.33. The van der Waals surface area contributed by atoms with Crippen LogP contribution in [0.2, 0.25) is 5.02 Å². The molecule has 0 aromatic heterocycles. The number of ether oxygens (including phenoxy) is 2.